The minimum absolute atomic E-state index is 0.112. The average molecular weight is 383 g/mol. The monoisotopic (exact) mass is 382 g/mol. The van der Waals surface area contributed by atoms with Crippen molar-refractivity contribution in [3.63, 3.8) is 0 Å². The molecule has 5 nitrogen and oxygen atoms in total. The van der Waals surface area contributed by atoms with Crippen molar-refractivity contribution in [1.82, 2.24) is 14.9 Å². The SMILES string of the molecule is Nc1nc(-c2ccc(F)cc2)c(Cl)nc1CN1C=CC=C(OC(F)F)C1. The van der Waals surface area contributed by atoms with Gasteiger partial charge < -0.3 is 15.4 Å². The summed E-state index contributed by atoms with van der Waals surface area (Å²) in [5.74, 6) is -0.106. The molecule has 26 heavy (non-hydrogen) atoms. The first-order chi connectivity index (χ1) is 12.4. The number of nitrogens with zero attached hydrogens (tertiary/aromatic N) is 3. The summed E-state index contributed by atoms with van der Waals surface area (Å²) < 4.78 is 42.1. The van der Waals surface area contributed by atoms with Gasteiger partial charge in [0.05, 0.1) is 13.1 Å². The van der Waals surface area contributed by atoms with E-state index in [1.807, 2.05) is 0 Å². The largest absolute Gasteiger partial charge is 0.437 e. The smallest absolute Gasteiger partial charge is 0.387 e. The lowest BCUT2D eigenvalue weighted by atomic mass is 10.1. The van der Waals surface area contributed by atoms with Gasteiger partial charge in [0, 0.05) is 11.8 Å². The van der Waals surface area contributed by atoms with Crippen LogP contribution in [0.3, 0.4) is 0 Å². The highest BCUT2D eigenvalue weighted by Gasteiger charge is 2.17. The van der Waals surface area contributed by atoms with Crippen LogP contribution in [0.15, 0.2) is 48.4 Å². The van der Waals surface area contributed by atoms with E-state index in [-0.39, 0.29) is 35.6 Å². The zero-order valence-electron chi connectivity index (χ0n) is 13.4. The lowest BCUT2D eigenvalue weighted by molar-refractivity contribution is -0.0999. The van der Waals surface area contributed by atoms with Crippen LogP contribution in [0.4, 0.5) is 19.0 Å². The number of halogens is 4. The van der Waals surface area contributed by atoms with Crippen LogP contribution < -0.4 is 5.73 Å². The molecule has 0 fully saturated rings. The molecule has 2 N–H and O–H groups in total. The van der Waals surface area contributed by atoms with Crippen LogP contribution in [0.5, 0.6) is 0 Å². The fraction of sp³-hybridized carbons (Fsp3) is 0.176. The number of aromatic nitrogens is 2. The molecule has 0 spiro atoms. The lowest BCUT2D eigenvalue weighted by Gasteiger charge is -2.24. The standard InChI is InChI=1S/C17H14ClF3N4O/c18-15-14(10-3-5-11(19)6-4-10)24-16(22)13(23-15)9-25-7-1-2-12(8-25)26-17(20)21/h1-7,17H,8-9H2,(H2,22,24). The third-order valence-corrected chi connectivity index (χ3v) is 3.87. The van der Waals surface area contributed by atoms with E-state index in [4.69, 9.17) is 17.3 Å². The van der Waals surface area contributed by atoms with Crippen molar-refractivity contribution in [2.75, 3.05) is 12.3 Å². The number of benzene rings is 1. The summed E-state index contributed by atoms with van der Waals surface area (Å²) in [5, 5.41) is 0.112. The van der Waals surface area contributed by atoms with Crippen molar-refractivity contribution < 1.29 is 17.9 Å². The number of rotatable bonds is 5. The molecule has 9 heteroatoms. The highest BCUT2D eigenvalue weighted by Crippen LogP contribution is 2.27. The summed E-state index contributed by atoms with van der Waals surface area (Å²) in [6, 6.07) is 5.62. The molecule has 136 valence electrons. The Kier molecular flexibility index (Phi) is 5.32. The first-order valence-electron chi connectivity index (χ1n) is 7.56. The van der Waals surface area contributed by atoms with Crippen molar-refractivity contribution in [2.24, 2.45) is 0 Å². The van der Waals surface area contributed by atoms with Crippen molar-refractivity contribution in [1.29, 1.82) is 0 Å². The molecule has 2 aromatic rings. The molecule has 0 amide bonds. The molecule has 0 radical (unpaired) electrons. The fourth-order valence-corrected chi connectivity index (χ4v) is 2.69. The molecule has 0 atom stereocenters. The van der Waals surface area contributed by atoms with E-state index >= 15 is 0 Å². The highest BCUT2D eigenvalue weighted by molar-refractivity contribution is 6.31. The molecule has 3 rings (SSSR count). The number of anilines is 1. The molecule has 1 aliphatic heterocycles. The molecular formula is C17H14ClF3N4O. The Bertz CT molecular complexity index is 856. The number of hydrogen-bond acceptors (Lipinski definition) is 5. The minimum atomic E-state index is -2.89. The molecule has 1 aromatic heterocycles. The predicted octanol–water partition coefficient (Wildman–Crippen LogP) is 3.97. The Hall–Kier alpha value is -2.74. The first kappa shape index (κ1) is 18.1. The third-order valence-electron chi connectivity index (χ3n) is 3.61. The third kappa shape index (κ3) is 4.26. The van der Waals surface area contributed by atoms with Gasteiger partial charge in [-0.15, -0.1) is 0 Å². The average Bonchev–Trinajstić information content (AvgIpc) is 2.58. The highest BCUT2D eigenvalue weighted by atomic mass is 35.5. The van der Waals surface area contributed by atoms with E-state index in [2.05, 4.69) is 14.7 Å². The Labute approximate surface area is 152 Å². The van der Waals surface area contributed by atoms with Gasteiger partial charge in [-0.1, -0.05) is 11.6 Å². The maximum Gasteiger partial charge on any atom is 0.387 e. The van der Waals surface area contributed by atoms with Crippen molar-refractivity contribution >= 4 is 17.4 Å². The number of allylic oxidation sites excluding steroid dienone is 2. The summed E-state index contributed by atoms with van der Waals surface area (Å²) in [7, 11) is 0. The minimum Gasteiger partial charge on any atom is -0.437 e. The molecule has 0 saturated carbocycles. The summed E-state index contributed by atoms with van der Waals surface area (Å²) in [6.07, 6.45) is 4.74. The van der Waals surface area contributed by atoms with Gasteiger partial charge in [0.25, 0.3) is 0 Å². The number of nitrogens with two attached hydrogens (primary N) is 1. The van der Waals surface area contributed by atoms with Gasteiger partial charge in [-0.3, -0.25) is 0 Å². The molecule has 2 heterocycles. The maximum atomic E-state index is 13.1. The van der Waals surface area contributed by atoms with Crippen molar-refractivity contribution in [3.8, 4) is 11.3 Å². The molecular weight excluding hydrogens is 369 g/mol. The maximum absolute atomic E-state index is 13.1. The number of hydrogen-bond donors (Lipinski definition) is 1. The molecule has 0 unspecified atom stereocenters. The van der Waals surface area contributed by atoms with Crippen LogP contribution in [-0.4, -0.2) is 28.0 Å². The van der Waals surface area contributed by atoms with Crippen LogP contribution in [0, 0.1) is 5.82 Å². The summed E-state index contributed by atoms with van der Waals surface area (Å²) in [6.45, 7) is -2.54. The normalized spacial score (nSPS) is 13.9. The van der Waals surface area contributed by atoms with E-state index in [1.165, 1.54) is 30.3 Å². The van der Waals surface area contributed by atoms with Crippen LogP contribution in [0.2, 0.25) is 5.15 Å². The van der Waals surface area contributed by atoms with Crippen molar-refractivity contribution in [2.45, 2.75) is 13.2 Å². The molecule has 0 aliphatic carbocycles. The topological polar surface area (TPSA) is 64.3 Å². The Morgan fingerprint density at radius 2 is 1.96 bits per heavy atom. The second kappa shape index (κ2) is 7.65. The molecule has 0 bridgehead atoms. The Morgan fingerprint density at radius 1 is 1.23 bits per heavy atom. The van der Waals surface area contributed by atoms with E-state index in [9.17, 15) is 13.2 Å². The van der Waals surface area contributed by atoms with Gasteiger partial charge in [0.15, 0.2) is 5.15 Å². The fourth-order valence-electron chi connectivity index (χ4n) is 2.44. The summed E-state index contributed by atoms with van der Waals surface area (Å²) in [5.41, 5.74) is 7.28. The number of alkyl halides is 2. The van der Waals surface area contributed by atoms with Crippen molar-refractivity contribution in [3.05, 3.63) is 65.0 Å². The summed E-state index contributed by atoms with van der Waals surface area (Å²) in [4.78, 5) is 10.2. The lowest BCUT2D eigenvalue weighted by Crippen LogP contribution is -2.25. The molecule has 1 aliphatic rings. The van der Waals surface area contributed by atoms with Gasteiger partial charge in [0.1, 0.15) is 28.8 Å². The van der Waals surface area contributed by atoms with Gasteiger partial charge in [-0.2, -0.15) is 8.78 Å². The van der Waals surface area contributed by atoms with Gasteiger partial charge in [0.2, 0.25) is 0 Å². The van der Waals surface area contributed by atoms with Crippen LogP contribution >= 0.6 is 11.6 Å². The molecule has 1 aromatic carbocycles. The molecule has 0 saturated heterocycles. The van der Waals surface area contributed by atoms with Gasteiger partial charge in [-0.05, 0) is 36.4 Å². The van der Waals surface area contributed by atoms with Crippen LogP contribution in [0.1, 0.15) is 5.69 Å². The predicted molar refractivity (Wildman–Crippen MR) is 91.6 cm³/mol. The van der Waals surface area contributed by atoms with E-state index < -0.39 is 6.61 Å². The van der Waals surface area contributed by atoms with Crippen LogP contribution in [0.25, 0.3) is 11.3 Å². The second-order valence-electron chi connectivity index (χ2n) is 5.46. The van der Waals surface area contributed by atoms with Gasteiger partial charge >= 0.3 is 6.61 Å². The van der Waals surface area contributed by atoms with E-state index in [0.29, 0.717) is 17.0 Å². The first-order valence-corrected chi connectivity index (χ1v) is 7.94. The number of ether oxygens (including phenoxy) is 1. The van der Waals surface area contributed by atoms with Gasteiger partial charge in [-0.25, -0.2) is 14.4 Å². The zero-order chi connectivity index (χ0) is 18.7. The Morgan fingerprint density at radius 3 is 2.65 bits per heavy atom. The quantitative estimate of drug-likeness (QED) is 0.847. The second-order valence-corrected chi connectivity index (χ2v) is 5.82. The number of nitrogen functional groups attached to an aromatic ring is 1. The van der Waals surface area contributed by atoms with Crippen LogP contribution in [-0.2, 0) is 11.3 Å². The Balaban J connectivity index is 1.78. The van der Waals surface area contributed by atoms with E-state index in [1.54, 1.807) is 17.2 Å². The van der Waals surface area contributed by atoms with E-state index in [0.717, 1.165) is 0 Å². The summed E-state index contributed by atoms with van der Waals surface area (Å²) >= 11 is 6.20. The zero-order valence-corrected chi connectivity index (χ0v) is 14.1.